The molecule has 2 aliphatic carbocycles. The SMILES string of the molecule is O=C1C=Cc2ccccc2/C1=N\Nc1ccc(/C=C/c2ccc(N/N=C3/C(=O)C=Cc4ccccc43)cc2S(=O)(=O)O)c(S(=O)(=O)O)c1. The summed E-state index contributed by atoms with van der Waals surface area (Å²) in [4.78, 5) is 23.9. The Labute approximate surface area is 275 Å². The van der Waals surface area contributed by atoms with E-state index in [-0.39, 0.29) is 45.5 Å². The number of nitrogens with one attached hydrogen (secondary N) is 2. The summed E-state index contributed by atoms with van der Waals surface area (Å²) >= 11 is 0. The number of nitrogens with zero attached hydrogens (tertiary/aromatic N) is 2. The first-order valence-electron chi connectivity index (χ1n) is 14.1. The summed E-state index contributed by atoms with van der Waals surface area (Å²) in [6.45, 7) is 0. The Morgan fingerprint density at radius 2 is 0.938 bits per heavy atom. The molecule has 0 aliphatic heterocycles. The van der Waals surface area contributed by atoms with Crippen molar-refractivity contribution in [3.05, 3.63) is 130 Å². The van der Waals surface area contributed by atoms with E-state index < -0.39 is 30.0 Å². The van der Waals surface area contributed by atoms with Crippen molar-refractivity contribution in [2.24, 2.45) is 10.2 Å². The average Bonchev–Trinajstić information content (AvgIpc) is 3.06. The van der Waals surface area contributed by atoms with Gasteiger partial charge in [-0.2, -0.15) is 27.0 Å². The van der Waals surface area contributed by atoms with Gasteiger partial charge in [0.2, 0.25) is 11.6 Å². The highest BCUT2D eigenvalue weighted by molar-refractivity contribution is 7.86. The van der Waals surface area contributed by atoms with Crippen molar-refractivity contribution < 1.29 is 35.5 Å². The van der Waals surface area contributed by atoms with Gasteiger partial charge >= 0.3 is 0 Å². The standard InChI is InChI=1S/C34H24N4O8S2/c39-29-17-13-21-5-1-3-7-27(21)33(29)37-35-25-15-11-23(31(19-25)47(41,42)43)9-10-24-12-16-26(20-32(24)48(44,45)46)36-38-34-28-8-4-2-6-22(28)14-18-30(34)40/h1-20,35-36H,(H,41,42,43)(H,44,45,46)/b10-9+,37-33+,38-34+. The average molecular weight is 681 g/mol. The lowest BCUT2D eigenvalue weighted by Gasteiger charge is -2.13. The molecule has 4 N–H and O–H groups in total. The fourth-order valence-electron chi connectivity index (χ4n) is 5.05. The van der Waals surface area contributed by atoms with Gasteiger partial charge in [0, 0.05) is 11.1 Å². The largest absolute Gasteiger partial charge is 0.295 e. The first-order chi connectivity index (χ1) is 22.9. The van der Waals surface area contributed by atoms with E-state index in [0.29, 0.717) is 11.1 Å². The molecule has 48 heavy (non-hydrogen) atoms. The molecule has 12 nitrogen and oxygen atoms in total. The third kappa shape index (κ3) is 6.82. The van der Waals surface area contributed by atoms with Gasteiger partial charge in [0.05, 0.1) is 11.4 Å². The summed E-state index contributed by atoms with van der Waals surface area (Å²) in [7, 11) is -9.59. The molecule has 0 fully saturated rings. The van der Waals surface area contributed by atoms with Crippen LogP contribution in [0.2, 0.25) is 0 Å². The number of rotatable bonds is 8. The molecule has 0 saturated carbocycles. The number of fused-ring (bicyclic) bond motifs is 2. The Balaban J connectivity index is 1.28. The smallest absolute Gasteiger partial charge is 0.287 e. The number of carbonyl (C=O) groups is 2. The third-order valence-corrected chi connectivity index (χ3v) is 9.16. The Morgan fingerprint density at radius 3 is 1.33 bits per heavy atom. The first kappa shape index (κ1) is 32.2. The highest BCUT2D eigenvalue weighted by Gasteiger charge is 2.21. The summed E-state index contributed by atoms with van der Waals surface area (Å²) in [6.07, 6.45) is 8.54. The first-order valence-corrected chi connectivity index (χ1v) is 17.0. The van der Waals surface area contributed by atoms with Gasteiger partial charge in [-0.25, -0.2) is 0 Å². The number of carbonyl (C=O) groups excluding carboxylic acids is 2. The zero-order valence-electron chi connectivity index (χ0n) is 24.6. The molecule has 2 aliphatic rings. The zero-order chi connectivity index (χ0) is 34.1. The topological polar surface area (TPSA) is 192 Å². The van der Waals surface area contributed by atoms with Gasteiger partial charge in [0.25, 0.3) is 20.2 Å². The maximum Gasteiger partial charge on any atom is 0.295 e. The van der Waals surface area contributed by atoms with Gasteiger partial charge in [0.1, 0.15) is 21.2 Å². The quantitative estimate of drug-likeness (QED) is 0.110. The van der Waals surface area contributed by atoms with Crippen molar-refractivity contribution in [3.8, 4) is 0 Å². The molecule has 6 rings (SSSR count). The number of hydrazone groups is 2. The lowest BCUT2D eigenvalue weighted by atomic mass is 9.95. The molecular weight excluding hydrogens is 657 g/mol. The predicted molar refractivity (Wildman–Crippen MR) is 183 cm³/mol. The van der Waals surface area contributed by atoms with Crippen LogP contribution < -0.4 is 10.9 Å². The molecule has 4 aromatic rings. The van der Waals surface area contributed by atoms with Crippen LogP contribution in [0.1, 0.15) is 33.4 Å². The summed E-state index contributed by atoms with van der Waals surface area (Å²) in [6, 6.07) is 22.0. The van der Waals surface area contributed by atoms with E-state index in [4.69, 9.17) is 0 Å². The Morgan fingerprint density at radius 1 is 0.542 bits per heavy atom. The molecule has 0 bridgehead atoms. The monoisotopic (exact) mass is 680 g/mol. The summed E-state index contributed by atoms with van der Waals surface area (Å²) in [5.74, 6) is -0.715. The molecule has 4 aromatic carbocycles. The normalized spacial score (nSPS) is 16.0. The van der Waals surface area contributed by atoms with Crippen molar-refractivity contribution in [2.75, 3.05) is 10.9 Å². The molecule has 0 atom stereocenters. The number of anilines is 2. The molecular formula is C34H24N4O8S2. The molecule has 0 spiro atoms. The molecule has 0 amide bonds. The summed E-state index contributed by atoms with van der Waals surface area (Å²) < 4.78 is 69.2. The second-order valence-electron chi connectivity index (χ2n) is 10.5. The van der Waals surface area contributed by atoms with Crippen LogP contribution in [0.5, 0.6) is 0 Å². The molecule has 14 heteroatoms. The van der Waals surface area contributed by atoms with E-state index in [1.54, 1.807) is 36.4 Å². The predicted octanol–water partition coefficient (Wildman–Crippen LogP) is 5.17. The van der Waals surface area contributed by atoms with Crippen LogP contribution in [0.3, 0.4) is 0 Å². The van der Waals surface area contributed by atoms with Gasteiger partial charge < -0.3 is 0 Å². The Hall–Kier alpha value is -5.80. The number of hydrogen-bond acceptors (Lipinski definition) is 10. The molecule has 0 aromatic heterocycles. The second kappa shape index (κ2) is 12.8. The van der Waals surface area contributed by atoms with E-state index in [9.17, 15) is 35.5 Å². The lowest BCUT2D eigenvalue weighted by Crippen LogP contribution is -2.19. The van der Waals surface area contributed by atoms with Crippen LogP contribution >= 0.6 is 0 Å². The highest BCUT2D eigenvalue weighted by atomic mass is 32.2. The molecule has 240 valence electrons. The summed E-state index contributed by atoms with van der Waals surface area (Å²) in [5.41, 5.74) is 8.50. The zero-order valence-corrected chi connectivity index (χ0v) is 26.2. The minimum atomic E-state index is -4.79. The van der Waals surface area contributed by atoms with E-state index in [1.165, 1.54) is 48.6 Å². The van der Waals surface area contributed by atoms with E-state index >= 15 is 0 Å². The van der Waals surface area contributed by atoms with Crippen LogP contribution in [0.15, 0.2) is 117 Å². The van der Waals surface area contributed by atoms with E-state index in [0.717, 1.165) is 23.3 Å². The minimum absolute atomic E-state index is 0.0184. The van der Waals surface area contributed by atoms with Gasteiger partial charge in [-0.3, -0.25) is 29.5 Å². The van der Waals surface area contributed by atoms with Crippen LogP contribution in [-0.4, -0.2) is 48.9 Å². The Bertz CT molecular complexity index is 2230. The van der Waals surface area contributed by atoms with Crippen molar-refractivity contribution >= 4 is 78.9 Å². The fraction of sp³-hybridized carbons (Fsp3) is 0. The molecule has 0 radical (unpaired) electrons. The third-order valence-electron chi connectivity index (χ3n) is 7.35. The van der Waals surface area contributed by atoms with Gasteiger partial charge in [-0.05, 0) is 58.7 Å². The van der Waals surface area contributed by atoms with Crippen LogP contribution in [0.25, 0.3) is 24.3 Å². The van der Waals surface area contributed by atoms with Crippen molar-refractivity contribution in [1.82, 2.24) is 0 Å². The Kier molecular flexibility index (Phi) is 8.56. The van der Waals surface area contributed by atoms with Gasteiger partial charge in [-0.15, -0.1) is 0 Å². The van der Waals surface area contributed by atoms with Crippen LogP contribution in [-0.2, 0) is 29.8 Å². The molecule has 0 unspecified atom stereocenters. The van der Waals surface area contributed by atoms with Crippen LogP contribution in [0, 0.1) is 0 Å². The number of ketones is 2. The van der Waals surface area contributed by atoms with Crippen molar-refractivity contribution in [3.63, 3.8) is 0 Å². The summed E-state index contributed by atoms with van der Waals surface area (Å²) in [5, 5.41) is 8.34. The van der Waals surface area contributed by atoms with E-state index in [2.05, 4.69) is 21.1 Å². The number of benzene rings is 4. The van der Waals surface area contributed by atoms with E-state index in [1.807, 2.05) is 24.3 Å². The van der Waals surface area contributed by atoms with Gasteiger partial charge in [-0.1, -0.05) is 85.0 Å². The number of allylic oxidation sites excluding steroid dienone is 2. The maximum atomic E-state index is 12.5. The molecule has 0 saturated heterocycles. The fourth-order valence-corrected chi connectivity index (χ4v) is 6.47. The lowest BCUT2D eigenvalue weighted by molar-refractivity contribution is -0.109. The van der Waals surface area contributed by atoms with Gasteiger partial charge in [0.15, 0.2) is 0 Å². The van der Waals surface area contributed by atoms with Crippen molar-refractivity contribution in [1.29, 1.82) is 0 Å². The second-order valence-corrected chi connectivity index (χ2v) is 13.3. The highest BCUT2D eigenvalue weighted by Crippen LogP contribution is 2.27. The minimum Gasteiger partial charge on any atom is -0.287 e. The van der Waals surface area contributed by atoms with Crippen molar-refractivity contribution in [2.45, 2.75) is 9.79 Å². The maximum absolute atomic E-state index is 12.5. The number of hydrogen-bond donors (Lipinski definition) is 4. The molecule has 0 heterocycles. The van der Waals surface area contributed by atoms with Crippen LogP contribution in [0.4, 0.5) is 11.4 Å².